The van der Waals surface area contributed by atoms with E-state index in [0.29, 0.717) is 6.61 Å². The van der Waals surface area contributed by atoms with Crippen LogP contribution in [-0.2, 0) is 9.47 Å². The van der Waals surface area contributed by atoms with E-state index in [1.54, 1.807) is 0 Å². The Hall–Kier alpha value is -1.49. The van der Waals surface area contributed by atoms with Gasteiger partial charge in [0.25, 0.3) is 0 Å². The summed E-state index contributed by atoms with van der Waals surface area (Å²) in [6, 6.07) is 3.37. The van der Waals surface area contributed by atoms with E-state index in [1.165, 1.54) is 12.1 Å². The molecule has 0 atom stereocenters. The molecule has 0 fully saturated rings. The van der Waals surface area contributed by atoms with Crippen molar-refractivity contribution in [3.63, 3.8) is 0 Å². The number of carbonyl (C=O) groups is 1. The third kappa shape index (κ3) is 4.11. The highest BCUT2D eigenvalue weighted by Gasteiger charge is 2.15. The lowest BCUT2D eigenvalue weighted by atomic mass is 10.2. The van der Waals surface area contributed by atoms with E-state index in [4.69, 9.17) is 9.47 Å². The lowest BCUT2D eigenvalue weighted by molar-refractivity contribution is 0.0313. The molecule has 0 aromatic heterocycles. The number of ether oxygens (including phenoxy) is 2. The molecule has 0 N–H and O–H groups in total. The second kappa shape index (κ2) is 6.96. The van der Waals surface area contributed by atoms with Crippen LogP contribution in [-0.4, -0.2) is 25.8 Å². The fraction of sp³-hybridized carbons (Fsp3) is 0.417. The van der Waals surface area contributed by atoms with Crippen LogP contribution in [0.25, 0.3) is 0 Å². The maximum absolute atomic E-state index is 13.2. The first kappa shape index (κ1) is 13.6. The van der Waals surface area contributed by atoms with Gasteiger partial charge in [0.15, 0.2) is 11.6 Å². The average molecular weight is 244 g/mol. The molecule has 17 heavy (non-hydrogen) atoms. The van der Waals surface area contributed by atoms with E-state index >= 15 is 0 Å². The molecule has 1 aromatic carbocycles. The lowest BCUT2D eigenvalue weighted by Gasteiger charge is -2.06. The molecule has 0 unspecified atom stereocenters. The topological polar surface area (TPSA) is 35.5 Å². The monoisotopic (exact) mass is 244 g/mol. The number of esters is 1. The summed E-state index contributed by atoms with van der Waals surface area (Å²) in [4.78, 5) is 11.4. The van der Waals surface area contributed by atoms with Gasteiger partial charge in [-0.1, -0.05) is 13.0 Å². The van der Waals surface area contributed by atoms with Gasteiger partial charge in [0.05, 0.1) is 12.2 Å². The quantitative estimate of drug-likeness (QED) is 0.570. The van der Waals surface area contributed by atoms with Crippen molar-refractivity contribution in [3.05, 3.63) is 35.4 Å². The number of hydrogen-bond donors (Lipinski definition) is 0. The van der Waals surface area contributed by atoms with Gasteiger partial charge in [-0.05, 0) is 18.6 Å². The Morgan fingerprint density at radius 1 is 1.24 bits per heavy atom. The van der Waals surface area contributed by atoms with Gasteiger partial charge >= 0.3 is 5.97 Å². The van der Waals surface area contributed by atoms with E-state index in [1.807, 2.05) is 6.92 Å². The van der Waals surface area contributed by atoms with E-state index in [2.05, 4.69) is 0 Å². The van der Waals surface area contributed by atoms with Gasteiger partial charge in [-0.25, -0.2) is 13.6 Å². The fourth-order valence-corrected chi connectivity index (χ4v) is 1.18. The molecule has 0 saturated carbocycles. The SMILES string of the molecule is CCCOCCOC(=O)c1cccc(F)c1F. The zero-order valence-electron chi connectivity index (χ0n) is 9.54. The molecule has 94 valence electrons. The van der Waals surface area contributed by atoms with Gasteiger partial charge < -0.3 is 9.47 Å². The van der Waals surface area contributed by atoms with Crippen LogP contribution < -0.4 is 0 Å². The minimum atomic E-state index is -1.19. The first-order valence-electron chi connectivity index (χ1n) is 5.35. The van der Waals surface area contributed by atoms with Crippen molar-refractivity contribution in [1.29, 1.82) is 0 Å². The van der Waals surface area contributed by atoms with Crippen LogP contribution in [0.15, 0.2) is 18.2 Å². The van der Waals surface area contributed by atoms with Crippen LogP contribution in [0.4, 0.5) is 8.78 Å². The molecule has 1 rings (SSSR count). The molecule has 3 nitrogen and oxygen atoms in total. The molecule has 0 bridgehead atoms. The first-order valence-corrected chi connectivity index (χ1v) is 5.35. The van der Waals surface area contributed by atoms with Crippen molar-refractivity contribution in [2.24, 2.45) is 0 Å². The van der Waals surface area contributed by atoms with Crippen LogP contribution in [0.3, 0.4) is 0 Å². The van der Waals surface area contributed by atoms with Crippen LogP contribution in [0.1, 0.15) is 23.7 Å². The number of carbonyl (C=O) groups excluding carboxylic acids is 1. The molecule has 5 heteroatoms. The Balaban J connectivity index is 2.44. The van der Waals surface area contributed by atoms with Gasteiger partial charge in [-0.15, -0.1) is 0 Å². The van der Waals surface area contributed by atoms with E-state index in [-0.39, 0.29) is 13.2 Å². The van der Waals surface area contributed by atoms with Crippen LogP contribution >= 0.6 is 0 Å². The molecule has 0 radical (unpaired) electrons. The highest BCUT2D eigenvalue weighted by molar-refractivity contribution is 5.89. The smallest absolute Gasteiger partial charge is 0.341 e. The van der Waals surface area contributed by atoms with E-state index in [9.17, 15) is 13.6 Å². The summed E-state index contributed by atoms with van der Waals surface area (Å²) in [6.45, 7) is 2.80. The van der Waals surface area contributed by atoms with Crippen molar-refractivity contribution in [3.8, 4) is 0 Å². The molecule has 0 saturated heterocycles. The van der Waals surface area contributed by atoms with Crippen LogP contribution in [0.2, 0.25) is 0 Å². The minimum Gasteiger partial charge on any atom is -0.460 e. The summed E-state index contributed by atoms with van der Waals surface area (Å²) in [7, 11) is 0. The Kier molecular flexibility index (Phi) is 5.56. The second-order valence-corrected chi connectivity index (χ2v) is 3.35. The normalized spacial score (nSPS) is 10.3. The number of rotatable bonds is 6. The van der Waals surface area contributed by atoms with Gasteiger partial charge in [0.2, 0.25) is 0 Å². The Morgan fingerprint density at radius 2 is 2.00 bits per heavy atom. The third-order valence-corrected chi connectivity index (χ3v) is 1.98. The predicted molar refractivity (Wildman–Crippen MR) is 57.8 cm³/mol. The summed E-state index contributed by atoms with van der Waals surface area (Å²) in [5.41, 5.74) is -0.402. The maximum Gasteiger partial charge on any atom is 0.341 e. The summed E-state index contributed by atoms with van der Waals surface area (Å²) >= 11 is 0. The fourth-order valence-electron chi connectivity index (χ4n) is 1.18. The van der Waals surface area contributed by atoms with Crippen molar-refractivity contribution >= 4 is 5.97 Å². The summed E-state index contributed by atoms with van der Waals surface area (Å²) in [5.74, 6) is -3.14. The average Bonchev–Trinajstić information content (AvgIpc) is 2.32. The molecular weight excluding hydrogens is 230 g/mol. The second-order valence-electron chi connectivity index (χ2n) is 3.35. The summed E-state index contributed by atoms with van der Waals surface area (Å²) < 4.78 is 35.8. The van der Waals surface area contributed by atoms with E-state index in [0.717, 1.165) is 12.5 Å². The van der Waals surface area contributed by atoms with E-state index < -0.39 is 23.2 Å². The zero-order chi connectivity index (χ0) is 12.7. The Bertz CT molecular complexity index is 380. The molecule has 0 amide bonds. The highest BCUT2D eigenvalue weighted by Crippen LogP contribution is 2.12. The van der Waals surface area contributed by atoms with Gasteiger partial charge in [0.1, 0.15) is 6.61 Å². The Morgan fingerprint density at radius 3 is 2.71 bits per heavy atom. The van der Waals surface area contributed by atoms with Crippen molar-refractivity contribution in [2.75, 3.05) is 19.8 Å². The summed E-state index contributed by atoms with van der Waals surface area (Å²) in [6.07, 6.45) is 0.868. The standard InChI is InChI=1S/C12H14F2O3/c1-2-6-16-7-8-17-12(15)9-4-3-5-10(13)11(9)14/h3-5H,2,6-8H2,1H3. The van der Waals surface area contributed by atoms with Crippen LogP contribution in [0.5, 0.6) is 0 Å². The molecule has 0 aliphatic carbocycles. The van der Waals surface area contributed by atoms with Crippen molar-refractivity contribution < 1.29 is 23.0 Å². The van der Waals surface area contributed by atoms with Gasteiger partial charge in [-0.2, -0.15) is 0 Å². The minimum absolute atomic E-state index is 0.0226. The zero-order valence-corrected chi connectivity index (χ0v) is 9.54. The lowest BCUT2D eigenvalue weighted by Crippen LogP contribution is -2.13. The Labute approximate surface area is 98.3 Å². The molecular formula is C12H14F2O3. The predicted octanol–water partition coefficient (Wildman–Crippen LogP) is 2.55. The summed E-state index contributed by atoms with van der Waals surface area (Å²) in [5, 5.41) is 0. The molecule has 1 aromatic rings. The number of benzene rings is 1. The van der Waals surface area contributed by atoms with Crippen molar-refractivity contribution in [1.82, 2.24) is 0 Å². The largest absolute Gasteiger partial charge is 0.460 e. The highest BCUT2D eigenvalue weighted by atomic mass is 19.2. The van der Waals surface area contributed by atoms with Crippen molar-refractivity contribution in [2.45, 2.75) is 13.3 Å². The number of hydrogen-bond acceptors (Lipinski definition) is 3. The molecule has 0 aliphatic heterocycles. The van der Waals surface area contributed by atoms with Gasteiger partial charge in [0, 0.05) is 6.61 Å². The number of halogens is 2. The molecule has 0 spiro atoms. The molecule has 0 heterocycles. The van der Waals surface area contributed by atoms with Crippen LogP contribution in [0, 0.1) is 11.6 Å². The third-order valence-electron chi connectivity index (χ3n) is 1.98. The first-order chi connectivity index (χ1) is 8.16. The molecule has 0 aliphatic rings. The van der Waals surface area contributed by atoms with Gasteiger partial charge in [-0.3, -0.25) is 0 Å². The maximum atomic E-state index is 13.2.